The molecule has 9 heteroatoms. The highest BCUT2D eigenvalue weighted by molar-refractivity contribution is 5.89. The van der Waals surface area contributed by atoms with Crippen LogP contribution in [0.15, 0.2) is 66.7 Å². The van der Waals surface area contributed by atoms with Crippen molar-refractivity contribution in [3.8, 4) is 28.7 Å². The standard InChI is InChI=1S/C35H34O9/c1-38-26-16-23-24(17-27(26)39-2)33(44-30(36)15-20-11-8-10-19-9-6-7-12-22(19)20)25-18-43-35(37)32(25)31(23)21-13-28(40-3)34(42-5)29(14-21)41-4/h6-14,16-17,25,31-33H,15,18H2,1-5H3/t25-,31+,32-,33+/m0/s1. The van der Waals surface area contributed by atoms with Crippen molar-refractivity contribution in [1.82, 2.24) is 0 Å². The molecule has 4 aromatic rings. The summed E-state index contributed by atoms with van der Waals surface area (Å²) < 4.78 is 40.1. The fraction of sp³-hybridized carbons (Fsp3) is 0.314. The number of carbonyl (C=O) groups is 2. The van der Waals surface area contributed by atoms with Gasteiger partial charge in [0.05, 0.1) is 54.5 Å². The van der Waals surface area contributed by atoms with Gasteiger partial charge >= 0.3 is 11.9 Å². The molecule has 1 aliphatic heterocycles. The van der Waals surface area contributed by atoms with Gasteiger partial charge in [-0.2, -0.15) is 0 Å². The molecule has 2 aliphatic rings. The Morgan fingerprint density at radius 1 is 0.773 bits per heavy atom. The Morgan fingerprint density at radius 3 is 2.07 bits per heavy atom. The van der Waals surface area contributed by atoms with Gasteiger partial charge < -0.3 is 33.2 Å². The monoisotopic (exact) mass is 598 g/mol. The van der Waals surface area contributed by atoms with Crippen LogP contribution in [0, 0.1) is 11.8 Å². The summed E-state index contributed by atoms with van der Waals surface area (Å²) in [7, 11) is 7.73. The molecule has 1 heterocycles. The lowest BCUT2D eigenvalue weighted by molar-refractivity contribution is -0.153. The van der Waals surface area contributed by atoms with Crippen LogP contribution in [0.5, 0.6) is 28.7 Å². The smallest absolute Gasteiger partial charge is 0.310 e. The summed E-state index contributed by atoms with van der Waals surface area (Å²) in [6.07, 6.45) is -0.690. The number of hydrogen-bond acceptors (Lipinski definition) is 9. The first kappa shape index (κ1) is 29.2. The van der Waals surface area contributed by atoms with Crippen LogP contribution >= 0.6 is 0 Å². The number of benzene rings is 4. The highest BCUT2D eigenvalue weighted by Gasteiger charge is 2.54. The number of hydrogen-bond donors (Lipinski definition) is 0. The van der Waals surface area contributed by atoms with Crippen molar-refractivity contribution in [2.45, 2.75) is 18.4 Å². The molecular formula is C35H34O9. The minimum absolute atomic E-state index is 0.0724. The summed E-state index contributed by atoms with van der Waals surface area (Å²) in [6, 6.07) is 21.1. The molecule has 228 valence electrons. The second-order valence-electron chi connectivity index (χ2n) is 10.8. The van der Waals surface area contributed by atoms with E-state index in [1.165, 1.54) is 7.11 Å². The Labute approximate surface area is 255 Å². The maximum absolute atomic E-state index is 13.6. The van der Waals surface area contributed by atoms with E-state index in [1.54, 1.807) is 28.4 Å². The SMILES string of the molecule is COc1cc2c(cc1OC)[C@@H](OC(=O)Cc1cccc3ccccc13)[C@H]1COC(=O)[C@@H]1[C@@H]2c1cc(OC)c(OC)c(OC)c1. The van der Waals surface area contributed by atoms with Gasteiger partial charge in [0.2, 0.25) is 5.75 Å². The first-order chi connectivity index (χ1) is 21.4. The third-order valence-electron chi connectivity index (χ3n) is 8.65. The zero-order valence-corrected chi connectivity index (χ0v) is 25.2. The number of ether oxygens (including phenoxy) is 7. The molecule has 6 rings (SSSR count). The highest BCUT2D eigenvalue weighted by atomic mass is 16.6. The summed E-state index contributed by atoms with van der Waals surface area (Å²) in [5.74, 6) is -0.0681. The molecule has 0 saturated carbocycles. The molecule has 4 aromatic carbocycles. The molecule has 1 saturated heterocycles. The lowest BCUT2D eigenvalue weighted by Gasteiger charge is -2.39. The van der Waals surface area contributed by atoms with E-state index in [4.69, 9.17) is 33.2 Å². The van der Waals surface area contributed by atoms with Crippen LogP contribution in [0.25, 0.3) is 10.8 Å². The minimum atomic E-state index is -0.762. The number of cyclic esters (lactones) is 1. The quantitative estimate of drug-likeness (QED) is 0.227. The van der Waals surface area contributed by atoms with Crippen molar-refractivity contribution in [2.24, 2.45) is 11.8 Å². The van der Waals surface area contributed by atoms with E-state index in [0.717, 1.165) is 27.5 Å². The van der Waals surface area contributed by atoms with E-state index in [2.05, 4.69) is 0 Å². The van der Waals surface area contributed by atoms with Crippen LogP contribution in [0.3, 0.4) is 0 Å². The third kappa shape index (κ3) is 4.92. The van der Waals surface area contributed by atoms with E-state index in [-0.39, 0.29) is 19.0 Å². The molecule has 0 radical (unpaired) electrons. The van der Waals surface area contributed by atoms with Gasteiger partial charge in [-0.05, 0) is 51.7 Å². The van der Waals surface area contributed by atoms with E-state index in [9.17, 15) is 9.59 Å². The fourth-order valence-corrected chi connectivity index (χ4v) is 6.67. The summed E-state index contributed by atoms with van der Waals surface area (Å²) >= 11 is 0. The van der Waals surface area contributed by atoms with Crippen LogP contribution in [-0.2, 0) is 25.5 Å². The Morgan fingerprint density at radius 2 is 1.41 bits per heavy atom. The Balaban J connectivity index is 1.47. The second kappa shape index (κ2) is 12.0. The van der Waals surface area contributed by atoms with Crippen molar-refractivity contribution in [3.05, 3.63) is 89.0 Å². The van der Waals surface area contributed by atoms with Gasteiger partial charge in [0.15, 0.2) is 23.0 Å². The van der Waals surface area contributed by atoms with Crippen LogP contribution in [0.4, 0.5) is 0 Å². The highest BCUT2D eigenvalue weighted by Crippen LogP contribution is 2.56. The van der Waals surface area contributed by atoms with Gasteiger partial charge in [0.25, 0.3) is 0 Å². The molecule has 0 N–H and O–H groups in total. The van der Waals surface area contributed by atoms with Crippen LogP contribution in [0.1, 0.15) is 34.3 Å². The van der Waals surface area contributed by atoms with Crippen LogP contribution < -0.4 is 23.7 Å². The molecule has 4 atom stereocenters. The normalized spacial score (nSPS) is 20.2. The van der Waals surface area contributed by atoms with E-state index in [0.29, 0.717) is 34.3 Å². The Bertz CT molecular complexity index is 1700. The number of methoxy groups -OCH3 is 5. The van der Waals surface area contributed by atoms with E-state index >= 15 is 0 Å². The molecule has 1 fully saturated rings. The van der Waals surface area contributed by atoms with Gasteiger partial charge in [-0.25, -0.2) is 0 Å². The van der Waals surface area contributed by atoms with Gasteiger partial charge in [0.1, 0.15) is 6.10 Å². The molecular weight excluding hydrogens is 564 g/mol. The molecule has 44 heavy (non-hydrogen) atoms. The molecule has 9 nitrogen and oxygen atoms in total. The van der Waals surface area contributed by atoms with Gasteiger partial charge in [-0.15, -0.1) is 0 Å². The minimum Gasteiger partial charge on any atom is -0.493 e. The van der Waals surface area contributed by atoms with Crippen LogP contribution in [-0.4, -0.2) is 54.1 Å². The fourth-order valence-electron chi connectivity index (χ4n) is 6.67. The Kier molecular flexibility index (Phi) is 7.95. The average Bonchev–Trinajstić information content (AvgIpc) is 3.44. The van der Waals surface area contributed by atoms with Gasteiger partial charge in [-0.1, -0.05) is 42.5 Å². The topological polar surface area (TPSA) is 98.8 Å². The van der Waals surface area contributed by atoms with Crippen molar-refractivity contribution >= 4 is 22.7 Å². The Hall–Kier alpha value is -4.92. The van der Waals surface area contributed by atoms with E-state index in [1.807, 2.05) is 66.7 Å². The average molecular weight is 599 g/mol. The first-order valence-electron chi connectivity index (χ1n) is 14.3. The zero-order chi connectivity index (χ0) is 31.0. The predicted octanol–water partition coefficient (Wildman–Crippen LogP) is 5.64. The van der Waals surface area contributed by atoms with Crippen LogP contribution in [0.2, 0.25) is 0 Å². The first-order valence-corrected chi connectivity index (χ1v) is 14.3. The van der Waals surface area contributed by atoms with Gasteiger partial charge in [-0.3, -0.25) is 9.59 Å². The van der Waals surface area contributed by atoms with Gasteiger partial charge in [0, 0.05) is 17.4 Å². The third-order valence-corrected chi connectivity index (χ3v) is 8.65. The summed E-state index contributed by atoms with van der Waals surface area (Å²) in [4.78, 5) is 27.1. The molecule has 1 aliphatic carbocycles. The number of esters is 2. The summed E-state index contributed by atoms with van der Waals surface area (Å²) in [5.41, 5.74) is 3.08. The second-order valence-corrected chi connectivity index (χ2v) is 10.8. The van der Waals surface area contributed by atoms with Crippen molar-refractivity contribution in [2.75, 3.05) is 42.2 Å². The largest absolute Gasteiger partial charge is 0.493 e. The van der Waals surface area contributed by atoms with Crippen molar-refractivity contribution < 1.29 is 42.7 Å². The molecule has 0 amide bonds. The maximum atomic E-state index is 13.6. The van der Waals surface area contributed by atoms with Crippen molar-refractivity contribution in [3.63, 3.8) is 0 Å². The summed E-state index contributed by atoms with van der Waals surface area (Å²) in [5, 5.41) is 2.03. The zero-order valence-electron chi connectivity index (χ0n) is 25.2. The number of fused-ring (bicyclic) bond motifs is 3. The summed E-state index contributed by atoms with van der Waals surface area (Å²) in [6.45, 7) is 0.102. The van der Waals surface area contributed by atoms with E-state index < -0.39 is 29.8 Å². The lowest BCUT2D eigenvalue weighted by Crippen LogP contribution is -2.37. The maximum Gasteiger partial charge on any atom is 0.310 e. The molecule has 0 unspecified atom stereocenters. The molecule has 0 bridgehead atoms. The molecule has 0 aromatic heterocycles. The predicted molar refractivity (Wildman–Crippen MR) is 162 cm³/mol. The number of rotatable bonds is 9. The number of carbonyl (C=O) groups excluding carboxylic acids is 2. The molecule has 0 spiro atoms. The van der Waals surface area contributed by atoms with Crippen molar-refractivity contribution in [1.29, 1.82) is 0 Å². The lowest BCUT2D eigenvalue weighted by atomic mass is 9.66.